The fourth-order valence-electron chi connectivity index (χ4n) is 2.25. The third kappa shape index (κ3) is 3.21. The summed E-state index contributed by atoms with van der Waals surface area (Å²) in [6.45, 7) is 1.57. The van der Waals surface area contributed by atoms with Crippen molar-refractivity contribution in [1.82, 2.24) is 0 Å². The molecule has 0 fully saturated rings. The van der Waals surface area contributed by atoms with Crippen molar-refractivity contribution in [3.63, 3.8) is 0 Å². The maximum absolute atomic E-state index is 12.2. The number of carbonyl (C=O) groups excluding carboxylic acids is 2. The van der Waals surface area contributed by atoms with Crippen molar-refractivity contribution in [1.29, 1.82) is 0 Å². The number of ether oxygens (including phenoxy) is 2. The Morgan fingerprint density at radius 1 is 1.14 bits per heavy atom. The molecule has 0 amide bonds. The number of Topliss-reactive ketones (excluding diaryl/α,β-unsaturated/α-hetero) is 1. The van der Waals surface area contributed by atoms with Gasteiger partial charge in [-0.2, -0.15) is 0 Å². The summed E-state index contributed by atoms with van der Waals surface area (Å²) in [6, 6.07) is 11.5. The van der Waals surface area contributed by atoms with Crippen molar-refractivity contribution in [2.75, 3.05) is 14.2 Å². The average molecular weight is 286 g/mol. The number of benzene rings is 2. The number of carbonyl (C=O) groups is 2. The lowest BCUT2D eigenvalue weighted by Crippen LogP contribution is -2.23. The van der Waals surface area contributed by atoms with Crippen LogP contribution >= 0.6 is 0 Å². The van der Waals surface area contributed by atoms with Gasteiger partial charge in [0, 0.05) is 6.42 Å². The molecular weight excluding hydrogens is 268 g/mol. The first-order chi connectivity index (χ1) is 10.1. The zero-order chi connectivity index (χ0) is 15.4. The van der Waals surface area contributed by atoms with Gasteiger partial charge in [0.1, 0.15) is 11.7 Å². The summed E-state index contributed by atoms with van der Waals surface area (Å²) in [5, 5.41) is 1.99. The second-order valence-electron chi connectivity index (χ2n) is 4.89. The first kappa shape index (κ1) is 15.0. The van der Waals surface area contributed by atoms with Gasteiger partial charge in [0.2, 0.25) is 0 Å². The molecule has 0 aliphatic carbocycles. The van der Waals surface area contributed by atoms with Gasteiger partial charge in [-0.1, -0.05) is 24.3 Å². The average Bonchev–Trinajstić information content (AvgIpc) is 2.53. The van der Waals surface area contributed by atoms with E-state index in [1.54, 1.807) is 14.0 Å². The zero-order valence-electron chi connectivity index (χ0n) is 12.4. The summed E-state index contributed by atoms with van der Waals surface area (Å²) < 4.78 is 9.84. The molecule has 2 aromatic rings. The molecule has 0 aromatic heterocycles. The van der Waals surface area contributed by atoms with Gasteiger partial charge in [0.05, 0.1) is 14.2 Å². The van der Waals surface area contributed by atoms with E-state index in [9.17, 15) is 9.59 Å². The second-order valence-corrected chi connectivity index (χ2v) is 4.89. The minimum atomic E-state index is -0.754. The SMILES string of the molecule is COC(=O)C(C)C(=O)Cc1cccc2ccc(OC)cc12. The van der Waals surface area contributed by atoms with Crippen molar-refractivity contribution in [2.24, 2.45) is 5.92 Å². The van der Waals surface area contributed by atoms with E-state index in [2.05, 4.69) is 4.74 Å². The van der Waals surface area contributed by atoms with Crippen molar-refractivity contribution >= 4 is 22.5 Å². The van der Waals surface area contributed by atoms with Crippen LogP contribution in [0.15, 0.2) is 36.4 Å². The van der Waals surface area contributed by atoms with Crippen LogP contribution in [0.5, 0.6) is 5.75 Å². The van der Waals surface area contributed by atoms with Crippen LogP contribution in [0, 0.1) is 5.92 Å². The van der Waals surface area contributed by atoms with Crippen LogP contribution < -0.4 is 4.74 Å². The molecule has 0 radical (unpaired) electrons. The number of methoxy groups -OCH3 is 2. The van der Waals surface area contributed by atoms with Crippen LogP contribution in [-0.2, 0) is 20.7 Å². The maximum atomic E-state index is 12.2. The molecular formula is C17H18O4. The fourth-order valence-corrected chi connectivity index (χ4v) is 2.25. The van der Waals surface area contributed by atoms with Gasteiger partial charge in [-0.05, 0) is 35.4 Å². The maximum Gasteiger partial charge on any atom is 0.315 e. The Kier molecular flexibility index (Phi) is 4.58. The molecule has 4 nitrogen and oxygen atoms in total. The van der Waals surface area contributed by atoms with Crippen LogP contribution in [0.4, 0.5) is 0 Å². The van der Waals surface area contributed by atoms with Crippen LogP contribution in [0.3, 0.4) is 0 Å². The van der Waals surface area contributed by atoms with Crippen molar-refractivity contribution in [3.05, 3.63) is 42.0 Å². The minimum Gasteiger partial charge on any atom is -0.497 e. The summed E-state index contributed by atoms with van der Waals surface area (Å²) in [7, 11) is 2.89. The molecule has 21 heavy (non-hydrogen) atoms. The van der Waals surface area contributed by atoms with Crippen LogP contribution in [-0.4, -0.2) is 26.0 Å². The monoisotopic (exact) mass is 286 g/mol. The quantitative estimate of drug-likeness (QED) is 0.626. The Morgan fingerprint density at radius 2 is 1.90 bits per heavy atom. The molecule has 0 heterocycles. The lowest BCUT2D eigenvalue weighted by atomic mass is 9.95. The summed E-state index contributed by atoms with van der Waals surface area (Å²) in [6.07, 6.45) is 0.195. The van der Waals surface area contributed by atoms with E-state index in [0.29, 0.717) is 0 Å². The molecule has 0 aliphatic heterocycles. The smallest absolute Gasteiger partial charge is 0.315 e. The van der Waals surface area contributed by atoms with Gasteiger partial charge in [0.15, 0.2) is 5.78 Å². The highest BCUT2D eigenvalue weighted by Gasteiger charge is 2.22. The molecule has 1 atom stereocenters. The molecule has 0 saturated carbocycles. The standard InChI is InChI=1S/C17H18O4/c1-11(17(19)21-3)16(18)9-13-6-4-5-12-7-8-14(20-2)10-15(12)13/h4-8,10-11H,9H2,1-3H3. The van der Waals surface area contributed by atoms with Gasteiger partial charge in [-0.25, -0.2) is 0 Å². The molecule has 0 N–H and O–H groups in total. The number of hydrogen-bond acceptors (Lipinski definition) is 4. The molecule has 0 spiro atoms. The van der Waals surface area contributed by atoms with E-state index in [-0.39, 0.29) is 12.2 Å². The van der Waals surface area contributed by atoms with Gasteiger partial charge < -0.3 is 9.47 Å². The topological polar surface area (TPSA) is 52.6 Å². The largest absolute Gasteiger partial charge is 0.497 e. The Bertz CT molecular complexity index is 676. The highest BCUT2D eigenvalue weighted by Crippen LogP contribution is 2.25. The molecule has 4 heteroatoms. The third-order valence-electron chi connectivity index (χ3n) is 3.58. The molecule has 2 aromatic carbocycles. The summed E-state index contributed by atoms with van der Waals surface area (Å²) in [5.74, 6) is -0.672. The van der Waals surface area contributed by atoms with Crippen molar-refractivity contribution in [3.8, 4) is 5.75 Å². The number of rotatable bonds is 5. The van der Waals surface area contributed by atoms with Gasteiger partial charge >= 0.3 is 5.97 Å². The zero-order valence-corrected chi connectivity index (χ0v) is 12.4. The van der Waals surface area contributed by atoms with Crippen LogP contribution in [0.25, 0.3) is 10.8 Å². The van der Waals surface area contributed by atoms with Gasteiger partial charge in [-0.3, -0.25) is 9.59 Å². The molecule has 110 valence electrons. The van der Waals surface area contributed by atoms with Gasteiger partial charge in [0.25, 0.3) is 0 Å². The highest BCUT2D eigenvalue weighted by atomic mass is 16.5. The molecule has 0 saturated heterocycles. The Balaban J connectivity index is 2.33. The normalized spacial score (nSPS) is 12.0. The molecule has 1 unspecified atom stereocenters. The first-order valence-corrected chi connectivity index (χ1v) is 6.73. The summed E-state index contributed by atoms with van der Waals surface area (Å²) in [4.78, 5) is 23.6. The fraction of sp³-hybridized carbons (Fsp3) is 0.294. The van der Waals surface area contributed by atoms with Crippen molar-refractivity contribution < 1.29 is 19.1 Å². The van der Waals surface area contributed by atoms with E-state index in [1.165, 1.54) is 7.11 Å². The minimum absolute atomic E-state index is 0.155. The number of esters is 1. The Labute approximate surface area is 123 Å². The van der Waals surface area contributed by atoms with E-state index in [1.807, 2.05) is 36.4 Å². The Morgan fingerprint density at radius 3 is 2.57 bits per heavy atom. The molecule has 0 bridgehead atoms. The third-order valence-corrected chi connectivity index (χ3v) is 3.58. The lowest BCUT2D eigenvalue weighted by Gasteiger charge is -2.11. The lowest BCUT2D eigenvalue weighted by molar-refractivity contribution is -0.148. The van der Waals surface area contributed by atoms with E-state index in [0.717, 1.165) is 22.1 Å². The van der Waals surface area contributed by atoms with E-state index >= 15 is 0 Å². The molecule has 2 rings (SSSR count). The highest BCUT2D eigenvalue weighted by molar-refractivity contribution is 6.01. The van der Waals surface area contributed by atoms with Crippen LogP contribution in [0.1, 0.15) is 12.5 Å². The van der Waals surface area contributed by atoms with E-state index < -0.39 is 11.9 Å². The first-order valence-electron chi connectivity index (χ1n) is 6.73. The number of hydrogen-bond donors (Lipinski definition) is 0. The summed E-state index contributed by atoms with van der Waals surface area (Å²) >= 11 is 0. The van der Waals surface area contributed by atoms with Gasteiger partial charge in [-0.15, -0.1) is 0 Å². The molecule has 0 aliphatic rings. The van der Waals surface area contributed by atoms with Crippen molar-refractivity contribution in [2.45, 2.75) is 13.3 Å². The number of fused-ring (bicyclic) bond motifs is 1. The van der Waals surface area contributed by atoms with Crippen LogP contribution in [0.2, 0.25) is 0 Å². The summed E-state index contributed by atoms with van der Waals surface area (Å²) in [5.41, 5.74) is 0.882. The predicted octanol–water partition coefficient (Wildman–Crippen LogP) is 2.77. The van der Waals surface area contributed by atoms with E-state index in [4.69, 9.17) is 4.74 Å². The predicted molar refractivity (Wildman–Crippen MR) is 80.4 cm³/mol. The second kappa shape index (κ2) is 6.39. The Hall–Kier alpha value is -2.36. The number of ketones is 1.